The molecule has 3 aromatic heterocycles. The summed E-state index contributed by atoms with van der Waals surface area (Å²) in [5.74, 6) is 2.20. The quantitative estimate of drug-likeness (QED) is 0.0718. The number of rotatable bonds is 9. The van der Waals surface area contributed by atoms with Crippen molar-refractivity contribution in [1.82, 2.24) is 30.6 Å². The van der Waals surface area contributed by atoms with Gasteiger partial charge in [-0.25, -0.2) is 4.98 Å². The highest BCUT2D eigenvalue weighted by molar-refractivity contribution is 6.07. The molecular weight excluding hydrogens is 913 g/mol. The number of aromatic nitrogens is 4. The molecule has 2 unspecified atom stereocenters. The standard InChI is InChI=1S/C64H50N8O2/c1-4-12-39(13-5-1)56-48-28-30-50(67-48)57(40-14-6-2-7-15-40)52-32-34-54(69-52)59(55-35-33-53(70-55)58(41-16-8-3-9-17-41)51-31-29-49(56)68-51)42-20-24-44(25-21-42)73-38-74-45-26-22-43(23-27-45)64-71-62-46-18-10-36-65-60(46)61-47(63(62)72-64)19-11-37-66-61/h1-35,48,53,65-70H,36-38H2,(H,71,72)/b56-49-,57-50-,58-51-,59-55-. The smallest absolute Gasteiger partial charge is 0.230 e. The Hall–Kier alpha value is -9.67. The van der Waals surface area contributed by atoms with Crippen LogP contribution in [0.1, 0.15) is 44.8 Å². The number of anilines is 2. The minimum absolute atomic E-state index is 0.0452. The zero-order chi connectivity index (χ0) is 49.0. The first-order valence-electron chi connectivity index (χ1n) is 25.2. The van der Waals surface area contributed by atoms with Crippen LogP contribution >= 0.6 is 0 Å². The number of imidazole rings is 1. The fraction of sp³-hybridized carbons (Fsp3) is 0.0781. The van der Waals surface area contributed by atoms with Gasteiger partial charge in [-0.15, -0.1) is 0 Å². The molecule has 0 spiro atoms. The Kier molecular flexibility index (Phi) is 10.6. The zero-order valence-electron chi connectivity index (χ0n) is 40.2. The summed E-state index contributed by atoms with van der Waals surface area (Å²) in [4.78, 5) is 16.5. The highest BCUT2D eigenvalue weighted by atomic mass is 16.7. The van der Waals surface area contributed by atoms with Crippen molar-refractivity contribution >= 4 is 56.9 Å². The molecule has 14 rings (SSSR count). The van der Waals surface area contributed by atoms with Crippen LogP contribution in [0.5, 0.6) is 11.5 Å². The summed E-state index contributed by atoms with van der Waals surface area (Å²) in [6.07, 6.45) is 17.6. The summed E-state index contributed by atoms with van der Waals surface area (Å²) >= 11 is 0. The second-order valence-electron chi connectivity index (χ2n) is 18.9. The number of allylic oxidation sites excluding steroid dienone is 2. The van der Waals surface area contributed by atoms with Crippen molar-refractivity contribution in [2.45, 2.75) is 12.1 Å². The lowest BCUT2D eigenvalue weighted by Crippen LogP contribution is -2.31. The van der Waals surface area contributed by atoms with Crippen LogP contribution in [-0.4, -0.2) is 51.9 Å². The molecule has 8 bridgehead atoms. The molecular formula is C64H50N8O2. The average Bonchev–Trinajstić information content (AvgIpc) is 4.36. The van der Waals surface area contributed by atoms with Crippen LogP contribution in [-0.2, 0) is 0 Å². The van der Waals surface area contributed by atoms with Gasteiger partial charge in [0.05, 0.1) is 34.5 Å². The Bertz CT molecular complexity index is 3910. The third-order valence-corrected chi connectivity index (χ3v) is 14.5. The molecule has 0 fully saturated rings. The Labute approximate surface area is 427 Å². The molecule has 7 N–H and O–H groups in total. The van der Waals surface area contributed by atoms with Crippen LogP contribution in [0.2, 0.25) is 0 Å². The molecule has 2 atom stereocenters. The molecule has 8 heterocycles. The van der Waals surface area contributed by atoms with Gasteiger partial charge in [0.15, 0.2) is 0 Å². The van der Waals surface area contributed by atoms with Gasteiger partial charge >= 0.3 is 0 Å². The Morgan fingerprint density at radius 2 is 0.932 bits per heavy atom. The van der Waals surface area contributed by atoms with Crippen molar-refractivity contribution < 1.29 is 9.47 Å². The molecule has 10 nitrogen and oxygen atoms in total. The van der Waals surface area contributed by atoms with Crippen LogP contribution in [0.25, 0.3) is 56.9 Å². The fourth-order valence-electron chi connectivity index (χ4n) is 11.1. The van der Waals surface area contributed by atoms with E-state index in [0.717, 1.165) is 130 Å². The van der Waals surface area contributed by atoms with E-state index in [-0.39, 0.29) is 18.9 Å². The van der Waals surface area contributed by atoms with Crippen LogP contribution in [0.3, 0.4) is 0 Å². The lowest BCUT2D eigenvalue weighted by molar-refractivity contribution is 0.120. The predicted molar refractivity (Wildman–Crippen MR) is 298 cm³/mol. The second-order valence-corrected chi connectivity index (χ2v) is 18.9. The van der Waals surface area contributed by atoms with Crippen LogP contribution in [0.4, 0.5) is 11.4 Å². The first kappa shape index (κ1) is 43.1. The molecule has 0 saturated heterocycles. The minimum Gasteiger partial charge on any atom is -0.458 e. The van der Waals surface area contributed by atoms with E-state index in [2.05, 4.69) is 212 Å². The second kappa shape index (κ2) is 18.2. The molecule has 0 aliphatic carbocycles. The summed E-state index contributed by atoms with van der Waals surface area (Å²) < 4.78 is 12.4. The SMILES string of the molecule is C1=Cc2c(c3c(c4[nH]c(-c5ccc(OCOc6ccc(/C7=C8\C=CC(N8)/C(c8ccccc8)=c8/cc/c([nH]8)=C(\c8ccccc8)C8C=C/C(=C(\c9ccccc9)c9ccc7[nH]9)N8)cc6)cc5)nc24)C=CCN3)NC1. The summed E-state index contributed by atoms with van der Waals surface area (Å²) in [6.45, 7) is 1.64. The molecule has 6 aromatic carbocycles. The van der Waals surface area contributed by atoms with Gasteiger partial charge in [0.2, 0.25) is 6.79 Å². The van der Waals surface area contributed by atoms with E-state index >= 15 is 0 Å². The van der Waals surface area contributed by atoms with Crippen LogP contribution in [0, 0.1) is 0 Å². The third kappa shape index (κ3) is 7.71. The van der Waals surface area contributed by atoms with Gasteiger partial charge in [0, 0.05) is 85.6 Å². The molecule has 0 saturated carbocycles. The number of nitrogens with one attached hydrogen (secondary N) is 7. The van der Waals surface area contributed by atoms with Crippen LogP contribution in [0.15, 0.2) is 212 Å². The molecule has 10 heteroatoms. The van der Waals surface area contributed by atoms with E-state index in [9.17, 15) is 0 Å². The first-order chi connectivity index (χ1) is 36.7. The number of ether oxygens (including phenoxy) is 2. The maximum Gasteiger partial charge on any atom is 0.230 e. The number of H-pyrrole nitrogens is 3. The van der Waals surface area contributed by atoms with Gasteiger partial charge in [-0.1, -0.05) is 140 Å². The molecule has 74 heavy (non-hydrogen) atoms. The van der Waals surface area contributed by atoms with Crippen molar-refractivity contribution in [2.75, 3.05) is 30.5 Å². The average molecular weight is 963 g/mol. The fourth-order valence-corrected chi connectivity index (χ4v) is 11.1. The van der Waals surface area contributed by atoms with Gasteiger partial charge in [0.25, 0.3) is 0 Å². The Morgan fingerprint density at radius 3 is 1.49 bits per heavy atom. The number of hydrogen-bond acceptors (Lipinski definition) is 7. The van der Waals surface area contributed by atoms with E-state index in [1.807, 2.05) is 36.4 Å². The topological polar surface area (TPSA) is 127 Å². The van der Waals surface area contributed by atoms with Crippen molar-refractivity contribution in [2.24, 2.45) is 0 Å². The molecule has 0 radical (unpaired) electrons. The molecule has 5 aliphatic heterocycles. The van der Waals surface area contributed by atoms with Crippen molar-refractivity contribution in [1.29, 1.82) is 0 Å². The van der Waals surface area contributed by atoms with E-state index < -0.39 is 0 Å². The number of fused-ring (bicyclic) bond motifs is 14. The van der Waals surface area contributed by atoms with Gasteiger partial charge in [0.1, 0.15) is 17.3 Å². The molecule has 358 valence electrons. The minimum atomic E-state index is -0.125. The van der Waals surface area contributed by atoms with Crippen molar-refractivity contribution in [3.8, 4) is 22.9 Å². The van der Waals surface area contributed by atoms with Gasteiger partial charge in [-0.3, -0.25) is 0 Å². The van der Waals surface area contributed by atoms with Gasteiger partial charge in [-0.05, 0) is 95.1 Å². The predicted octanol–water partition coefficient (Wildman–Crippen LogP) is 10.9. The Morgan fingerprint density at radius 1 is 0.446 bits per heavy atom. The van der Waals surface area contributed by atoms with Gasteiger partial charge in [-0.2, -0.15) is 0 Å². The zero-order valence-corrected chi connectivity index (χ0v) is 40.2. The first-order valence-corrected chi connectivity index (χ1v) is 25.2. The third-order valence-electron chi connectivity index (χ3n) is 14.5. The highest BCUT2D eigenvalue weighted by Crippen LogP contribution is 2.43. The largest absolute Gasteiger partial charge is 0.458 e. The van der Waals surface area contributed by atoms with Crippen molar-refractivity contribution in [3.63, 3.8) is 0 Å². The van der Waals surface area contributed by atoms with E-state index in [0.29, 0.717) is 11.5 Å². The summed E-state index contributed by atoms with van der Waals surface area (Å²) in [6, 6.07) is 56.8. The van der Waals surface area contributed by atoms with Gasteiger partial charge < -0.3 is 45.7 Å². The normalized spacial score (nSPS) is 20.6. The van der Waals surface area contributed by atoms with Crippen molar-refractivity contribution in [3.05, 3.63) is 267 Å². The van der Waals surface area contributed by atoms with Crippen LogP contribution < -0.4 is 41.4 Å². The van der Waals surface area contributed by atoms with E-state index in [4.69, 9.17) is 14.5 Å². The maximum atomic E-state index is 6.22. The van der Waals surface area contributed by atoms with E-state index in [1.165, 1.54) is 5.57 Å². The molecule has 0 amide bonds. The maximum absolute atomic E-state index is 6.22. The van der Waals surface area contributed by atoms with E-state index in [1.54, 1.807) is 0 Å². The Balaban J connectivity index is 0.783. The number of nitrogens with zero attached hydrogens (tertiary/aromatic N) is 1. The number of benzene rings is 6. The molecule has 5 aliphatic rings. The highest BCUT2D eigenvalue weighted by Gasteiger charge is 2.28. The lowest BCUT2D eigenvalue weighted by atomic mass is 9.98. The molecule has 9 aromatic rings. The lowest BCUT2D eigenvalue weighted by Gasteiger charge is -2.23. The summed E-state index contributed by atoms with van der Waals surface area (Å²) in [5, 5.41) is 17.2. The number of hydrogen-bond donors (Lipinski definition) is 7. The number of aromatic amines is 3. The monoisotopic (exact) mass is 962 g/mol. The summed E-state index contributed by atoms with van der Waals surface area (Å²) in [5.41, 5.74) is 20.3. The summed E-state index contributed by atoms with van der Waals surface area (Å²) in [7, 11) is 0.